The second kappa shape index (κ2) is 5.83. The molecule has 0 saturated heterocycles. The highest BCUT2D eigenvalue weighted by molar-refractivity contribution is 7.99. The molecule has 76 valence electrons. The van der Waals surface area contributed by atoms with Crippen molar-refractivity contribution < 1.29 is 4.79 Å². The van der Waals surface area contributed by atoms with Crippen LogP contribution < -0.4 is 0 Å². The van der Waals surface area contributed by atoms with Crippen molar-refractivity contribution in [3.8, 4) is 0 Å². The second-order valence-corrected chi connectivity index (χ2v) is 4.44. The predicted molar refractivity (Wildman–Crippen MR) is 61.1 cm³/mol. The van der Waals surface area contributed by atoms with Crippen LogP contribution in [0.4, 0.5) is 0 Å². The van der Waals surface area contributed by atoms with Crippen LogP contribution in [0.25, 0.3) is 0 Å². The number of carbonyl (C=O) groups excluding carboxylic acids is 1. The Kier molecular flexibility index (Phi) is 4.70. The van der Waals surface area contributed by atoms with Gasteiger partial charge in [0.25, 0.3) is 0 Å². The summed E-state index contributed by atoms with van der Waals surface area (Å²) in [6.45, 7) is 1.03. The van der Waals surface area contributed by atoms with Gasteiger partial charge in [-0.2, -0.15) is 0 Å². The highest BCUT2D eigenvalue weighted by Gasteiger charge is 2.00. The van der Waals surface area contributed by atoms with Gasteiger partial charge in [0.2, 0.25) is 0 Å². The van der Waals surface area contributed by atoms with Crippen LogP contribution in [0.15, 0.2) is 29.2 Å². The molecule has 0 unspecified atom stereocenters. The summed E-state index contributed by atoms with van der Waals surface area (Å²) < 4.78 is 0. The van der Waals surface area contributed by atoms with E-state index in [1.54, 1.807) is 11.8 Å². The SMILES string of the molecule is CN(C)CCSc1ccccc1C=O. The maximum atomic E-state index is 10.7. The number of carbonyl (C=O) groups is 1. The smallest absolute Gasteiger partial charge is 0.151 e. The van der Waals surface area contributed by atoms with Gasteiger partial charge in [0.1, 0.15) is 0 Å². The van der Waals surface area contributed by atoms with Gasteiger partial charge >= 0.3 is 0 Å². The summed E-state index contributed by atoms with van der Waals surface area (Å²) in [6.07, 6.45) is 0.915. The molecule has 0 atom stereocenters. The Morgan fingerprint density at radius 3 is 2.71 bits per heavy atom. The van der Waals surface area contributed by atoms with E-state index in [0.717, 1.165) is 29.0 Å². The van der Waals surface area contributed by atoms with Crippen molar-refractivity contribution in [2.45, 2.75) is 4.90 Å². The van der Waals surface area contributed by atoms with Crippen LogP contribution in [0.5, 0.6) is 0 Å². The van der Waals surface area contributed by atoms with Crippen LogP contribution in [0.3, 0.4) is 0 Å². The number of benzene rings is 1. The summed E-state index contributed by atoms with van der Waals surface area (Å²) in [7, 11) is 4.10. The first-order chi connectivity index (χ1) is 6.74. The van der Waals surface area contributed by atoms with E-state index in [0.29, 0.717) is 0 Å². The molecule has 14 heavy (non-hydrogen) atoms. The summed E-state index contributed by atoms with van der Waals surface area (Å²) in [5, 5.41) is 0. The van der Waals surface area contributed by atoms with Crippen LogP contribution in [-0.2, 0) is 0 Å². The van der Waals surface area contributed by atoms with Crippen LogP contribution in [0.2, 0.25) is 0 Å². The lowest BCUT2D eigenvalue weighted by atomic mass is 10.2. The zero-order valence-corrected chi connectivity index (χ0v) is 9.38. The van der Waals surface area contributed by atoms with Crippen molar-refractivity contribution in [1.82, 2.24) is 4.90 Å². The minimum absolute atomic E-state index is 0.788. The third-order valence-corrected chi connectivity index (χ3v) is 2.91. The number of nitrogens with zero attached hydrogens (tertiary/aromatic N) is 1. The first-order valence-corrected chi connectivity index (χ1v) is 5.54. The van der Waals surface area contributed by atoms with Gasteiger partial charge in [-0.3, -0.25) is 4.79 Å². The zero-order valence-electron chi connectivity index (χ0n) is 8.56. The Balaban J connectivity index is 2.53. The fourth-order valence-electron chi connectivity index (χ4n) is 1.05. The Hall–Kier alpha value is -0.800. The molecule has 2 nitrogen and oxygen atoms in total. The standard InChI is InChI=1S/C11H15NOS/c1-12(2)7-8-14-11-6-4-3-5-10(11)9-13/h3-6,9H,7-8H2,1-2H3. The molecule has 0 aliphatic heterocycles. The molecule has 0 aliphatic carbocycles. The molecule has 0 fully saturated rings. The number of thioether (sulfide) groups is 1. The lowest BCUT2D eigenvalue weighted by molar-refractivity contribution is 0.112. The van der Waals surface area contributed by atoms with Gasteiger partial charge in [-0.15, -0.1) is 11.8 Å². The maximum absolute atomic E-state index is 10.7. The van der Waals surface area contributed by atoms with Crippen LogP contribution >= 0.6 is 11.8 Å². The average molecular weight is 209 g/mol. The molecule has 1 aromatic rings. The van der Waals surface area contributed by atoms with E-state index >= 15 is 0 Å². The molecule has 1 aromatic carbocycles. The van der Waals surface area contributed by atoms with Gasteiger partial charge in [0.05, 0.1) is 0 Å². The minimum atomic E-state index is 0.788. The molecule has 0 N–H and O–H groups in total. The molecule has 0 aromatic heterocycles. The number of aldehydes is 1. The third kappa shape index (κ3) is 3.52. The monoisotopic (exact) mass is 209 g/mol. The van der Waals surface area contributed by atoms with E-state index in [4.69, 9.17) is 0 Å². The van der Waals surface area contributed by atoms with Crippen LogP contribution in [-0.4, -0.2) is 37.6 Å². The molecule has 0 heterocycles. The van der Waals surface area contributed by atoms with Crippen molar-refractivity contribution >= 4 is 18.0 Å². The first kappa shape index (κ1) is 11.3. The molecular weight excluding hydrogens is 194 g/mol. The van der Waals surface area contributed by atoms with E-state index in [2.05, 4.69) is 4.90 Å². The van der Waals surface area contributed by atoms with Gasteiger partial charge in [-0.1, -0.05) is 18.2 Å². The summed E-state index contributed by atoms with van der Waals surface area (Å²) in [4.78, 5) is 13.9. The Morgan fingerprint density at radius 1 is 1.36 bits per heavy atom. The highest BCUT2D eigenvalue weighted by atomic mass is 32.2. The molecule has 3 heteroatoms. The molecule has 0 bridgehead atoms. The van der Waals surface area contributed by atoms with E-state index in [9.17, 15) is 4.79 Å². The molecular formula is C11H15NOS. The first-order valence-electron chi connectivity index (χ1n) is 4.56. The van der Waals surface area contributed by atoms with E-state index < -0.39 is 0 Å². The predicted octanol–water partition coefficient (Wildman–Crippen LogP) is 2.15. The molecule has 0 saturated carbocycles. The topological polar surface area (TPSA) is 20.3 Å². The third-order valence-electron chi connectivity index (χ3n) is 1.84. The minimum Gasteiger partial charge on any atom is -0.309 e. The quantitative estimate of drug-likeness (QED) is 0.547. The van der Waals surface area contributed by atoms with E-state index in [1.807, 2.05) is 38.4 Å². The van der Waals surface area contributed by atoms with Crippen molar-refractivity contribution in [1.29, 1.82) is 0 Å². The average Bonchev–Trinajstić information content (AvgIpc) is 2.18. The summed E-state index contributed by atoms with van der Waals surface area (Å²) in [5.74, 6) is 1.01. The second-order valence-electron chi connectivity index (χ2n) is 3.31. The molecule has 0 aliphatic rings. The van der Waals surface area contributed by atoms with Gasteiger partial charge in [0.15, 0.2) is 6.29 Å². The molecule has 0 radical (unpaired) electrons. The lowest BCUT2D eigenvalue weighted by Crippen LogP contribution is -2.14. The fraction of sp³-hybridized carbons (Fsp3) is 0.364. The van der Waals surface area contributed by atoms with E-state index in [-0.39, 0.29) is 0 Å². The largest absolute Gasteiger partial charge is 0.309 e. The fourth-order valence-corrected chi connectivity index (χ4v) is 2.18. The van der Waals surface area contributed by atoms with Crippen LogP contribution in [0, 0.1) is 0 Å². The van der Waals surface area contributed by atoms with E-state index in [1.165, 1.54) is 0 Å². The van der Waals surface area contributed by atoms with Crippen LogP contribution in [0.1, 0.15) is 10.4 Å². The molecule has 1 rings (SSSR count). The number of hydrogen-bond acceptors (Lipinski definition) is 3. The zero-order chi connectivity index (χ0) is 10.4. The molecule has 0 spiro atoms. The van der Waals surface area contributed by atoms with Gasteiger partial charge < -0.3 is 4.90 Å². The summed E-state index contributed by atoms with van der Waals surface area (Å²) in [6, 6.07) is 7.69. The van der Waals surface area contributed by atoms with Gasteiger partial charge in [-0.25, -0.2) is 0 Å². The van der Waals surface area contributed by atoms with Gasteiger partial charge in [-0.05, 0) is 20.2 Å². The van der Waals surface area contributed by atoms with Crippen molar-refractivity contribution in [2.24, 2.45) is 0 Å². The summed E-state index contributed by atoms with van der Waals surface area (Å²) >= 11 is 1.73. The van der Waals surface area contributed by atoms with Crippen molar-refractivity contribution in [3.05, 3.63) is 29.8 Å². The Morgan fingerprint density at radius 2 is 2.07 bits per heavy atom. The normalized spacial score (nSPS) is 10.5. The van der Waals surface area contributed by atoms with Gasteiger partial charge in [0, 0.05) is 22.8 Å². The Labute approximate surface area is 89.3 Å². The van der Waals surface area contributed by atoms with Crippen molar-refractivity contribution in [3.63, 3.8) is 0 Å². The molecule has 0 amide bonds. The Bertz CT molecular complexity index is 299. The number of rotatable bonds is 5. The lowest BCUT2D eigenvalue weighted by Gasteiger charge is -2.09. The highest BCUT2D eigenvalue weighted by Crippen LogP contribution is 2.20. The summed E-state index contributed by atoms with van der Waals surface area (Å²) in [5.41, 5.74) is 0.788. The maximum Gasteiger partial charge on any atom is 0.151 e. The van der Waals surface area contributed by atoms with Crippen molar-refractivity contribution in [2.75, 3.05) is 26.4 Å². The number of hydrogen-bond donors (Lipinski definition) is 0.